The molecule has 9 heteroatoms. The highest BCUT2D eigenvalue weighted by Crippen LogP contribution is 2.31. The lowest BCUT2D eigenvalue weighted by molar-refractivity contribution is -0.131. The molecule has 0 radical (unpaired) electrons. The molecule has 0 saturated heterocycles. The van der Waals surface area contributed by atoms with E-state index in [2.05, 4.69) is 15.3 Å². The fourth-order valence-corrected chi connectivity index (χ4v) is 4.11. The van der Waals surface area contributed by atoms with Crippen LogP contribution in [-0.4, -0.2) is 62.7 Å². The fraction of sp³-hybridized carbons (Fsp3) is 0.429. The maximum atomic E-state index is 12.7. The normalized spacial score (nSPS) is 11.3. The Labute approximate surface area is 180 Å². The van der Waals surface area contributed by atoms with Gasteiger partial charge in [-0.15, -0.1) is 10.2 Å². The summed E-state index contributed by atoms with van der Waals surface area (Å²) in [5.74, 6) is 2.24. The number of carbonyl (C=O) groups excluding carboxylic acids is 1. The zero-order chi connectivity index (χ0) is 21.8. The van der Waals surface area contributed by atoms with E-state index >= 15 is 0 Å². The van der Waals surface area contributed by atoms with Crippen molar-refractivity contribution in [1.29, 1.82) is 0 Å². The molecular weight excluding hydrogens is 402 g/mol. The minimum absolute atomic E-state index is 0.0933. The van der Waals surface area contributed by atoms with Crippen LogP contribution in [0.15, 0.2) is 35.4 Å². The van der Waals surface area contributed by atoms with Crippen molar-refractivity contribution in [2.24, 2.45) is 0 Å². The summed E-state index contributed by atoms with van der Waals surface area (Å²) in [5.41, 5.74) is 1.43. The predicted octanol–water partition coefficient (Wildman–Crippen LogP) is 3.55. The van der Waals surface area contributed by atoms with Crippen molar-refractivity contribution in [1.82, 2.24) is 24.7 Å². The van der Waals surface area contributed by atoms with Crippen molar-refractivity contribution < 1.29 is 14.3 Å². The highest BCUT2D eigenvalue weighted by molar-refractivity contribution is 7.99. The third-order valence-corrected chi connectivity index (χ3v) is 5.53. The zero-order valence-electron chi connectivity index (χ0n) is 18.1. The number of ether oxygens (including phenoxy) is 2. The van der Waals surface area contributed by atoms with E-state index in [1.807, 2.05) is 62.9 Å². The number of aromatic nitrogens is 4. The second-order valence-electron chi connectivity index (χ2n) is 7.31. The SMILES string of the molecule is COc1ccc(-c2nnc3ccc(SCC(=O)N(C(C)C)C(C)C)nn23)cc1OC. The Balaban J connectivity index is 1.86. The Kier molecular flexibility index (Phi) is 6.81. The molecule has 8 nitrogen and oxygen atoms in total. The molecule has 2 aromatic heterocycles. The number of fused-ring (bicyclic) bond motifs is 1. The lowest BCUT2D eigenvalue weighted by atomic mass is 10.2. The van der Waals surface area contributed by atoms with Gasteiger partial charge in [0.2, 0.25) is 5.91 Å². The van der Waals surface area contributed by atoms with Gasteiger partial charge in [0.05, 0.1) is 20.0 Å². The minimum atomic E-state index is 0.0933. The number of hydrogen-bond donors (Lipinski definition) is 0. The molecule has 0 spiro atoms. The number of rotatable bonds is 8. The molecular formula is C21H27N5O3S. The number of thioether (sulfide) groups is 1. The molecule has 3 aromatic rings. The summed E-state index contributed by atoms with van der Waals surface area (Å²) >= 11 is 1.40. The predicted molar refractivity (Wildman–Crippen MR) is 117 cm³/mol. The van der Waals surface area contributed by atoms with Crippen LogP contribution in [0, 0.1) is 0 Å². The number of amides is 1. The van der Waals surface area contributed by atoms with Crippen LogP contribution in [0.25, 0.3) is 17.0 Å². The maximum Gasteiger partial charge on any atom is 0.233 e. The Morgan fingerprint density at radius 1 is 1.03 bits per heavy atom. The van der Waals surface area contributed by atoms with Crippen LogP contribution in [-0.2, 0) is 4.79 Å². The lowest BCUT2D eigenvalue weighted by Gasteiger charge is -2.30. The van der Waals surface area contributed by atoms with Gasteiger partial charge in [-0.05, 0) is 58.0 Å². The molecule has 1 aromatic carbocycles. The maximum absolute atomic E-state index is 12.7. The van der Waals surface area contributed by atoms with Gasteiger partial charge in [-0.3, -0.25) is 4.79 Å². The summed E-state index contributed by atoms with van der Waals surface area (Å²) < 4.78 is 12.4. The molecule has 0 unspecified atom stereocenters. The van der Waals surface area contributed by atoms with E-state index in [4.69, 9.17) is 9.47 Å². The first-order chi connectivity index (χ1) is 14.3. The Bertz CT molecular complexity index is 1030. The Morgan fingerprint density at radius 2 is 1.73 bits per heavy atom. The number of methoxy groups -OCH3 is 2. The average Bonchev–Trinajstić information content (AvgIpc) is 3.14. The Morgan fingerprint density at radius 3 is 2.37 bits per heavy atom. The minimum Gasteiger partial charge on any atom is -0.493 e. The van der Waals surface area contributed by atoms with Gasteiger partial charge in [0, 0.05) is 17.6 Å². The largest absolute Gasteiger partial charge is 0.493 e. The average molecular weight is 430 g/mol. The summed E-state index contributed by atoms with van der Waals surface area (Å²) in [6.07, 6.45) is 0. The standard InChI is InChI=1S/C21H27N5O3S/c1-13(2)25(14(3)4)20(27)12-30-19-10-9-18-22-23-21(26(18)24-19)15-7-8-16(28-5)17(11-15)29-6/h7-11,13-14H,12H2,1-6H3. The summed E-state index contributed by atoms with van der Waals surface area (Å²) in [4.78, 5) is 14.5. The van der Waals surface area contributed by atoms with Crippen molar-refractivity contribution in [3.63, 3.8) is 0 Å². The van der Waals surface area contributed by atoms with Gasteiger partial charge in [0.1, 0.15) is 5.03 Å². The van der Waals surface area contributed by atoms with E-state index < -0.39 is 0 Å². The molecule has 0 atom stereocenters. The first kappa shape index (κ1) is 21.9. The third-order valence-electron chi connectivity index (χ3n) is 4.62. The molecule has 160 valence electrons. The summed E-state index contributed by atoms with van der Waals surface area (Å²) in [7, 11) is 3.18. The molecule has 0 bridgehead atoms. The first-order valence-electron chi connectivity index (χ1n) is 9.74. The van der Waals surface area contributed by atoms with E-state index in [0.717, 1.165) is 10.6 Å². The van der Waals surface area contributed by atoms with Crippen LogP contribution < -0.4 is 9.47 Å². The molecule has 0 saturated carbocycles. The summed E-state index contributed by atoms with van der Waals surface area (Å²) in [6, 6.07) is 9.55. The van der Waals surface area contributed by atoms with Crippen LogP contribution in [0.5, 0.6) is 11.5 Å². The number of carbonyl (C=O) groups is 1. The molecule has 3 rings (SSSR count). The van der Waals surface area contributed by atoms with Crippen LogP contribution >= 0.6 is 11.8 Å². The third kappa shape index (κ3) is 4.51. The molecule has 0 aliphatic heterocycles. The van der Waals surface area contributed by atoms with E-state index in [0.29, 0.717) is 28.7 Å². The topological polar surface area (TPSA) is 81.9 Å². The molecule has 30 heavy (non-hydrogen) atoms. The van der Waals surface area contributed by atoms with Crippen molar-refractivity contribution in [3.8, 4) is 22.9 Å². The lowest BCUT2D eigenvalue weighted by Crippen LogP contribution is -2.43. The van der Waals surface area contributed by atoms with Crippen molar-refractivity contribution >= 4 is 23.3 Å². The van der Waals surface area contributed by atoms with Crippen molar-refractivity contribution in [2.45, 2.75) is 44.8 Å². The van der Waals surface area contributed by atoms with Gasteiger partial charge >= 0.3 is 0 Å². The van der Waals surface area contributed by atoms with E-state index in [1.54, 1.807) is 18.7 Å². The van der Waals surface area contributed by atoms with Gasteiger partial charge in [0.15, 0.2) is 23.0 Å². The quantitative estimate of drug-likeness (QED) is 0.507. The smallest absolute Gasteiger partial charge is 0.233 e. The summed E-state index contributed by atoms with van der Waals surface area (Å²) in [5, 5.41) is 13.8. The first-order valence-corrected chi connectivity index (χ1v) is 10.7. The van der Waals surface area contributed by atoms with Gasteiger partial charge in [-0.1, -0.05) is 11.8 Å². The van der Waals surface area contributed by atoms with Crippen LogP contribution in [0.1, 0.15) is 27.7 Å². The number of hydrogen-bond acceptors (Lipinski definition) is 7. The van der Waals surface area contributed by atoms with E-state index in [9.17, 15) is 4.79 Å². The fourth-order valence-electron chi connectivity index (χ4n) is 3.39. The number of benzene rings is 1. The van der Waals surface area contributed by atoms with Gasteiger partial charge in [-0.25, -0.2) is 0 Å². The van der Waals surface area contributed by atoms with Crippen LogP contribution in [0.3, 0.4) is 0 Å². The second-order valence-corrected chi connectivity index (χ2v) is 8.31. The molecule has 2 heterocycles. The molecule has 0 fully saturated rings. The van der Waals surface area contributed by atoms with Crippen LogP contribution in [0.2, 0.25) is 0 Å². The highest BCUT2D eigenvalue weighted by Gasteiger charge is 2.20. The van der Waals surface area contributed by atoms with Gasteiger partial charge in [-0.2, -0.15) is 9.61 Å². The molecule has 0 N–H and O–H groups in total. The van der Waals surface area contributed by atoms with E-state index in [1.165, 1.54) is 11.8 Å². The van der Waals surface area contributed by atoms with Crippen molar-refractivity contribution in [2.75, 3.05) is 20.0 Å². The van der Waals surface area contributed by atoms with Gasteiger partial charge < -0.3 is 14.4 Å². The molecule has 0 aliphatic carbocycles. The summed E-state index contributed by atoms with van der Waals surface area (Å²) in [6.45, 7) is 8.11. The van der Waals surface area contributed by atoms with Gasteiger partial charge in [0.25, 0.3) is 0 Å². The molecule has 1 amide bonds. The number of nitrogens with zero attached hydrogens (tertiary/aromatic N) is 5. The zero-order valence-corrected chi connectivity index (χ0v) is 18.9. The second kappa shape index (κ2) is 9.34. The monoisotopic (exact) mass is 429 g/mol. The van der Waals surface area contributed by atoms with E-state index in [-0.39, 0.29) is 18.0 Å². The Hall–Kier alpha value is -2.81. The van der Waals surface area contributed by atoms with Crippen molar-refractivity contribution in [3.05, 3.63) is 30.3 Å². The van der Waals surface area contributed by atoms with Crippen LogP contribution in [0.4, 0.5) is 0 Å². The molecule has 0 aliphatic rings. The highest BCUT2D eigenvalue weighted by atomic mass is 32.2.